The van der Waals surface area contributed by atoms with E-state index in [1.54, 1.807) is 36.4 Å². The number of aliphatic carboxylic acids is 1. The van der Waals surface area contributed by atoms with Crippen molar-refractivity contribution in [3.63, 3.8) is 0 Å². The second-order valence-corrected chi connectivity index (χ2v) is 10.8. The van der Waals surface area contributed by atoms with Crippen molar-refractivity contribution in [2.75, 3.05) is 6.54 Å². The number of benzene rings is 3. The highest BCUT2D eigenvalue weighted by molar-refractivity contribution is 7.89. The maximum Gasteiger partial charge on any atom is 0.321 e. The maximum absolute atomic E-state index is 12.8. The van der Waals surface area contributed by atoms with Crippen molar-refractivity contribution in [1.29, 1.82) is 0 Å². The summed E-state index contributed by atoms with van der Waals surface area (Å²) in [6, 6.07) is 15.8. The smallest absolute Gasteiger partial charge is 0.321 e. The van der Waals surface area contributed by atoms with Crippen LogP contribution in [0, 0.1) is 0 Å². The van der Waals surface area contributed by atoms with Gasteiger partial charge in [0.15, 0.2) is 0 Å². The van der Waals surface area contributed by atoms with Gasteiger partial charge in [-0.2, -0.15) is 4.72 Å². The first-order valence-electron chi connectivity index (χ1n) is 11.3. The molecular weight excluding hydrogens is 555 g/mol. The lowest BCUT2D eigenvalue weighted by atomic mass is 10.1. The van der Waals surface area contributed by atoms with Crippen LogP contribution in [0.3, 0.4) is 0 Å². The van der Waals surface area contributed by atoms with Crippen molar-refractivity contribution in [2.45, 2.75) is 30.7 Å². The molecule has 0 heterocycles. The molecule has 0 aromatic heterocycles. The fraction of sp³-hybridized carbons (Fsp3) is 0.192. The van der Waals surface area contributed by atoms with E-state index in [1.165, 1.54) is 37.3 Å². The molecule has 0 bridgehead atoms. The third-order valence-corrected chi connectivity index (χ3v) is 7.31. The van der Waals surface area contributed by atoms with Gasteiger partial charge in [0.2, 0.25) is 10.0 Å². The number of carbonyl (C=O) groups is 3. The summed E-state index contributed by atoms with van der Waals surface area (Å²) < 4.78 is 32.8. The highest BCUT2D eigenvalue weighted by atomic mass is 35.5. The second-order valence-electron chi connectivity index (χ2n) is 8.18. The number of nitrogens with one attached hydrogen (secondary N) is 2. The molecule has 0 saturated heterocycles. The quantitative estimate of drug-likeness (QED) is 0.172. The topological polar surface area (TPSA) is 139 Å². The number of esters is 1. The van der Waals surface area contributed by atoms with Crippen molar-refractivity contribution < 1.29 is 32.6 Å². The zero-order valence-corrected chi connectivity index (χ0v) is 22.4. The van der Waals surface area contributed by atoms with E-state index < -0.39 is 33.9 Å². The number of amides is 1. The Balaban J connectivity index is 1.59. The molecule has 1 amide bonds. The second kappa shape index (κ2) is 12.9. The Morgan fingerprint density at radius 3 is 2.08 bits per heavy atom. The van der Waals surface area contributed by atoms with Crippen molar-refractivity contribution >= 4 is 51.1 Å². The highest BCUT2D eigenvalue weighted by Crippen LogP contribution is 2.24. The van der Waals surface area contributed by atoms with Crippen LogP contribution in [-0.4, -0.2) is 44.0 Å². The first kappa shape index (κ1) is 29.1. The minimum Gasteiger partial charge on any atom is -0.480 e. The number of sulfonamides is 1. The van der Waals surface area contributed by atoms with Crippen molar-refractivity contribution in [1.82, 2.24) is 10.0 Å². The van der Waals surface area contributed by atoms with E-state index >= 15 is 0 Å². The van der Waals surface area contributed by atoms with Gasteiger partial charge in [0, 0.05) is 23.5 Å². The predicted octanol–water partition coefficient (Wildman–Crippen LogP) is 4.53. The maximum atomic E-state index is 12.8. The monoisotopic (exact) mass is 578 g/mol. The Labute approximate surface area is 229 Å². The molecular formula is C26H24Cl2N2O7S. The molecule has 12 heteroatoms. The van der Waals surface area contributed by atoms with Gasteiger partial charge in [-0.25, -0.2) is 8.42 Å². The van der Waals surface area contributed by atoms with Crippen LogP contribution in [0.15, 0.2) is 71.6 Å². The summed E-state index contributed by atoms with van der Waals surface area (Å²) in [4.78, 5) is 35.5. The Bertz CT molecular complexity index is 1430. The van der Waals surface area contributed by atoms with E-state index in [9.17, 15) is 27.9 Å². The van der Waals surface area contributed by atoms with Gasteiger partial charge >= 0.3 is 11.9 Å². The third-order valence-electron chi connectivity index (χ3n) is 5.33. The molecule has 0 aliphatic heterocycles. The Hall–Kier alpha value is -3.44. The fourth-order valence-electron chi connectivity index (χ4n) is 3.48. The first-order valence-corrected chi connectivity index (χ1v) is 13.6. The van der Waals surface area contributed by atoms with Gasteiger partial charge in [-0.3, -0.25) is 14.4 Å². The summed E-state index contributed by atoms with van der Waals surface area (Å²) in [7, 11) is -4.13. The average Bonchev–Trinajstić information content (AvgIpc) is 2.87. The lowest BCUT2D eigenvalue weighted by molar-refractivity contribution is -0.139. The summed E-state index contributed by atoms with van der Waals surface area (Å²) >= 11 is 11.8. The number of halogens is 2. The Morgan fingerprint density at radius 2 is 1.50 bits per heavy atom. The van der Waals surface area contributed by atoms with Crippen molar-refractivity contribution in [3.05, 3.63) is 82.3 Å². The summed E-state index contributed by atoms with van der Waals surface area (Å²) in [5.74, 6) is -2.53. The summed E-state index contributed by atoms with van der Waals surface area (Å²) in [5.41, 5.74) is 1.64. The fourth-order valence-corrected chi connectivity index (χ4v) is 5.01. The molecule has 0 aliphatic carbocycles. The standard InChI is InChI=1S/C26H24Cl2N2O7S/c1-16(31)37-24-13-10-20(28)15-22(24)25(32)29-14-2-3-23(26(33)34)30-38(35,36)21-11-6-18(7-12-21)17-4-8-19(27)9-5-17/h4-13,15,23,30H,2-3,14H2,1H3,(H,29,32)(H,33,34). The molecule has 3 rings (SSSR count). The van der Waals surface area contributed by atoms with Gasteiger partial charge in [0.1, 0.15) is 11.8 Å². The van der Waals surface area contributed by atoms with E-state index in [4.69, 9.17) is 27.9 Å². The van der Waals surface area contributed by atoms with Gasteiger partial charge in [0.05, 0.1) is 10.5 Å². The summed E-state index contributed by atoms with van der Waals surface area (Å²) in [5, 5.41) is 13.0. The number of ether oxygens (including phenoxy) is 1. The Kier molecular flexibility index (Phi) is 9.87. The summed E-state index contributed by atoms with van der Waals surface area (Å²) in [6.45, 7) is 1.23. The van der Waals surface area contributed by atoms with Crippen molar-refractivity contribution in [3.8, 4) is 16.9 Å². The molecule has 1 unspecified atom stereocenters. The van der Waals surface area contributed by atoms with Crippen LogP contribution in [-0.2, 0) is 19.6 Å². The number of hydrogen-bond acceptors (Lipinski definition) is 6. The summed E-state index contributed by atoms with van der Waals surface area (Å²) in [6.07, 6.45) is 0.0498. The van der Waals surface area contributed by atoms with Gasteiger partial charge in [0.25, 0.3) is 5.91 Å². The molecule has 3 N–H and O–H groups in total. The highest BCUT2D eigenvalue weighted by Gasteiger charge is 2.25. The molecule has 38 heavy (non-hydrogen) atoms. The molecule has 0 fully saturated rings. The Morgan fingerprint density at radius 1 is 0.921 bits per heavy atom. The van der Waals surface area contributed by atoms with Crippen LogP contribution in [0.1, 0.15) is 30.1 Å². The van der Waals surface area contributed by atoms with E-state index in [0.29, 0.717) is 5.02 Å². The molecule has 0 saturated carbocycles. The number of carboxylic acid groups (broad SMARTS) is 1. The molecule has 0 spiro atoms. The average molecular weight is 579 g/mol. The number of carboxylic acids is 1. The van der Waals surface area contributed by atoms with Crippen LogP contribution in [0.5, 0.6) is 5.75 Å². The third kappa shape index (κ3) is 8.03. The van der Waals surface area contributed by atoms with Crippen LogP contribution in [0.25, 0.3) is 11.1 Å². The van der Waals surface area contributed by atoms with Crippen LogP contribution >= 0.6 is 23.2 Å². The van der Waals surface area contributed by atoms with Crippen LogP contribution in [0.4, 0.5) is 0 Å². The van der Waals surface area contributed by atoms with E-state index in [1.807, 2.05) is 0 Å². The molecule has 0 radical (unpaired) electrons. The molecule has 3 aromatic carbocycles. The first-order chi connectivity index (χ1) is 18.0. The van der Waals surface area contributed by atoms with Crippen LogP contribution in [0.2, 0.25) is 10.0 Å². The van der Waals surface area contributed by atoms with Gasteiger partial charge in [-0.1, -0.05) is 47.5 Å². The van der Waals surface area contributed by atoms with E-state index in [2.05, 4.69) is 10.0 Å². The normalized spacial score (nSPS) is 12.0. The zero-order chi connectivity index (χ0) is 27.9. The van der Waals surface area contributed by atoms with Crippen LogP contribution < -0.4 is 14.8 Å². The lowest BCUT2D eigenvalue weighted by Crippen LogP contribution is -2.41. The van der Waals surface area contributed by atoms with Crippen molar-refractivity contribution in [2.24, 2.45) is 0 Å². The predicted molar refractivity (Wildman–Crippen MR) is 143 cm³/mol. The largest absolute Gasteiger partial charge is 0.480 e. The van der Waals surface area contributed by atoms with Gasteiger partial charge in [-0.05, 0) is 66.4 Å². The van der Waals surface area contributed by atoms with E-state index in [0.717, 1.165) is 11.1 Å². The molecule has 0 aliphatic rings. The van der Waals surface area contributed by atoms with E-state index in [-0.39, 0.29) is 40.6 Å². The number of carbonyl (C=O) groups excluding carboxylic acids is 2. The number of rotatable bonds is 11. The molecule has 200 valence electrons. The molecule has 1 atom stereocenters. The number of hydrogen-bond donors (Lipinski definition) is 3. The molecule has 3 aromatic rings. The minimum absolute atomic E-state index is 0.0256. The van der Waals surface area contributed by atoms with Gasteiger partial charge in [-0.15, -0.1) is 0 Å². The zero-order valence-electron chi connectivity index (χ0n) is 20.1. The minimum atomic E-state index is -4.13. The SMILES string of the molecule is CC(=O)Oc1ccc(Cl)cc1C(=O)NCCCC(NS(=O)(=O)c1ccc(-c2ccc(Cl)cc2)cc1)C(=O)O. The lowest BCUT2D eigenvalue weighted by Gasteiger charge is -2.15. The molecule has 9 nitrogen and oxygen atoms in total. The van der Waals surface area contributed by atoms with Gasteiger partial charge < -0.3 is 15.2 Å².